The topological polar surface area (TPSA) is 75.4 Å². The third kappa shape index (κ3) is 5.19. The van der Waals surface area contributed by atoms with Gasteiger partial charge in [0.15, 0.2) is 0 Å². The number of carbonyl (C=O) groups is 2. The number of amides is 2. The van der Waals surface area contributed by atoms with E-state index in [0.717, 1.165) is 0 Å². The minimum Gasteiger partial charge on any atom is -0.354 e. The quantitative estimate of drug-likeness (QED) is 0.691. The van der Waals surface area contributed by atoms with E-state index in [2.05, 4.69) is 5.32 Å². The van der Waals surface area contributed by atoms with Gasteiger partial charge in [-0.3, -0.25) is 9.59 Å². The molecule has 19 heavy (non-hydrogen) atoms. The van der Waals surface area contributed by atoms with E-state index in [1.54, 1.807) is 7.05 Å². The van der Waals surface area contributed by atoms with Gasteiger partial charge in [0.2, 0.25) is 11.8 Å². The Morgan fingerprint density at radius 2 is 1.79 bits per heavy atom. The molecule has 0 aliphatic heterocycles. The average molecular weight is 271 g/mol. The molecule has 3 N–H and O–H groups in total. The predicted octanol–water partition coefficient (Wildman–Crippen LogP) is 0.982. The fraction of sp³-hybridized carbons (Fsp3) is 0.857. The largest absolute Gasteiger partial charge is 0.354 e. The average Bonchev–Trinajstić information content (AvgIpc) is 2.38. The molecule has 0 atom stereocenters. The first-order valence-corrected chi connectivity index (χ1v) is 7.05. The van der Waals surface area contributed by atoms with Crippen LogP contribution in [0, 0.1) is 11.3 Å². The predicted molar refractivity (Wildman–Crippen MR) is 77.6 cm³/mol. The number of carbonyl (C=O) groups excluding carboxylic acids is 2. The van der Waals surface area contributed by atoms with Gasteiger partial charge in [-0.25, -0.2) is 0 Å². The second-order valence-corrected chi connectivity index (χ2v) is 5.55. The zero-order chi connectivity index (χ0) is 15.1. The molecule has 0 aromatic heterocycles. The third-order valence-electron chi connectivity index (χ3n) is 3.63. The molecule has 0 heterocycles. The van der Waals surface area contributed by atoms with Crippen molar-refractivity contribution in [1.82, 2.24) is 10.2 Å². The Balaban J connectivity index is 4.52. The van der Waals surface area contributed by atoms with Crippen LogP contribution >= 0.6 is 0 Å². The van der Waals surface area contributed by atoms with Crippen LogP contribution in [-0.4, -0.2) is 43.4 Å². The summed E-state index contributed by atoms with van der Waals surface area (Å²) in [6.07, 6.45) is 1.38. The molecule has 0 saturated carbocycles. The van der Waals surface area contributed by atoms with E-state index < -0.39 is 5.41 Å². The van der Waals surface area contributed by atoms with E-state index in [9.17, 15) is 9.59 Å². The van der Waals surface area contributed by atoms with Crippen LogP contribution in [0.25, 0.3) is 0 Å². The Labute approximate surface area is 116 Å². The maximum atomic E-state index is 12.4. The Morgan fingerprint density at radius 1 is 1.26 bits per heavy atom. The van der Waals surface area contributed by atoms with Gasteiger partial charge in [-0.2, -0.15) is 0 Å². The van der Waals surface area contributed by atoms with Crippen molar-refractivity contribution in [2.24, 2.45) is 17.1 Å². The highest BCUT2D eigenvalue weighted by molar-refractivity contribution is 5.87. The zero-order valence-corrected chi connectivity index (χ0v) is 13.0. The van der Waals surface area contributed by atoms with Crippen LogP contribution in [0.3, 0.4) is 0 Å². The third-order valence-corrected chi connectivity index (χ3v) is 3.63. The molecule has 0 radical (unpaired) electrons. The maximum absolute atomic E-state index is 12.4. The van der Waals surface area contributed by atoms with Gasteiger partial charge >= 0.3 is 0 Å². The van der Waals surface area contributed by atoms with Crippen molar-refractivity contribution >= 4 is 11.8 Å². The molecule has 0 aromatic carbocycles. The highest BCUT2D eigenvalue weighted by atomic mass is 16.2. The lowest BCUT2D eigenvalue weighted by Crippen LogP contribution is -2.49. The first-order valence-electron chi connectivity index (χ1n) is 7.05. The van der Waals surface area contributed by atoms with Gasteiger partial charge < -0.3 is 16.0 Å². The molecule has 0 saturated heterocycles. The summed E-state index contributed by atoms with van der Waals surface area (Å²) in [6.45, 7) is 9.02. The number of likely N-dealkylation sites (N-methyl/N-ethyl adjacent to an activating group) is 1. The summed E-state index contributed by atoms with van der Waals surface area (Å²) in [5, 5.41) is 2.81. The Kier molecular flexibility index (Phi) is 7.68. The number of nitrogens with one attached hydrogen (secondary N) is 1. The number of nitrogens with two attached hydrogens (primary N) is 1. The van der Waals surface area contributed by atoms with Crippen molar-refractivity contribution in [1.29, 1.82) is 0 Å². The van der Waals surface area contributed by atoms with Gasteiger partial charge in [-0.15, -0.1) is 0 Å². The molecule has 0 spiro atoms. The maximum Gasteiger partial charge on any atom is 0.239 e. The fourth-order valence-electron chi connectivity index (χ4n) is 1.99. The molecule has 5 heteroatoms. The van der Waals surface area contributed by atoms with Gasteiger partial charge in [-0.05, 0) is 18.8 Å². The molecule has 112 valence electrons. The summed E-state index contributed by atoms with van der Waals surface area (Å²) >= 11 is 0. The molecule has 0 rings (SSSR count). The first kappa shape index (κ1) is 17.9. The smallest absolute Gasteiger partial charge is 0.239 e. The summed E-state index contributed by atoms with van der Waals surface area (Å²) in [6, 6.07) is 0. The number of rotatable bonds is 8. The number of hydrogen-bond acceptors (Lipinski definition) is 3. The molecule has 0 aromatic rings. The summed E-state index contributed by atoms with van der Waals surface area (Å²) in [5.74, 6) is 0.238. The van der Waals surface area contributed by atoms with E-state index in [0.29, 0.717) is 31.8 Å². The normalized spacial score (nSPS) is 11.5. The second-order valence-electron chi connectivity index (χ2n) is 5.55. The summed E-state index contributed by atoms with van der Waals surface area (Å²) < 4.78 is 0. The first-order chi connectivity index (χ1) is 8.82. The summed E-state index contributed by atoms with van der Waals surface area (Å²) in [7, 11) is 1.66. The SMILES string of the molecule is CCC(CC)(CN)C(=O)N(C)CC(=O)NCC(C)C. The van der Waals surface area contributed by atoms with Crippen molar-refractivity contribution in [2.75, 3.05) is 26.7 Å². The van der Waals surface area contributed by atoms with Gasteiger partial charge in [0.25, 0.3) is 0 Å². The van der Waals surface area contributed by atoms with Crippen LogP contribution in [-0.2, 0) is 9.59 Å². The summed E-state index contributed by atoms with van der Waals surface area (Å²) in [4.78, 5) is 25.6. The fourth-order valence-corrected chi connectivity index (χ4v) is 1.99. The van der Waals surface area contributed by atoms with Crippen LogP contribution in [0.5, 0.6) is 0 Å². The molecule has 0 aliphatic rings. The van der Waals surface area contributed by atoms with Gasteiger partial charge in [0.05, 0.1) is 12.0 Å². The van der Waals surface area contributed by atoms with Crippen LogP contribution < -0.4 is 11.1 Å². The minimum absolute atomic E-state index is 0.0419. The number of nitrogens with zero attached hydrogens (tertiary/aromatic N) is 1. The molecule has 0 bridgehead atoms. The van der Waals surface area contributed by atoms with Crippen molar-refractivity contribution in [3.63, 3.8) is 0 Å². The van der Waals surface area contributed by atoms with E-state index in [1.165, 1.54) is 4.90 Å². The molecular formula is C14H29N3O2. The molecular weight excluding hydrogens is 242 g/mol. The second kappa shape index (κ2) is 8.15. The minimum atomic E-state index is -0.535. The van der Waals surface area contributed by atoms with Crippen molar-refractivity contribution < 1.29 is 9.59 Å². The summed E-state index contributed by atoms with van der Waals surface area (Å²) in [5.41, 5.74) is 5.21. The van der Waals surface area contributed by atoms with Crippen molar-refractivity contribution in [2.45, 2.75) is 40.5 Å². The van der Waals surface area contributed by atoms with Crippen molar-refractivity contribution in [3.8, 4) is 0 Å². The monoisotopic (exact) mass is 271 g/mol. The van der Waals surface area contributed by atoms with E-state index in [4.69, 9.17) is 5.73 Å². The molecule has 2 amide bonds. The van der Waals surface area contributed by atoms with Crippen LogP contribution in [0.1, 0.15) is 40.5 Å². The lowest BCUT2D eigenvalue weighted by molar-refractivity contribution is -0.143. The number of hydrogen-bond donors (Lipinski definition) is 2. The molecule has 0 unspecified atom stereocenters. The standard InChI is InChI=1S/C14H29N3O2/c1-6-14(7-2,10-15)13(19)17(5)9-12(18)16-8-11(3)4/h11H,6-10,15H2,1-5H3,(H,16,18). The van der Waals surface area contributed by atoms with Crippen LogP contribution in [0.4, 0.5) is 0 Å². The molecule has 0 fully saturated rings. The van der Waals surface area contributed by atoms with Gasteiger partial charge in [0.1, 0.15) is 0 Å². The molecule has 0 aliphatic carbocycles. The van der Waals surface area contributed by atoms with Crippen molar-refractivity contribution in [3.05, 3.63) is 0 Å². The highest BCUT2D eigenvalue weighted by Crippen LogP contribution is 2.27. The van der Waals surface area contributed by atoms with Crippen LogP contribution in [0.15, 0.2) is 0 Å². The van der Waals surface area contributed by atoms with E-state index >= 15 is 0 Å². The van der Waals surface area contributed by atoms with Crippen LogP contribution in [0.2, 0.25) is 0 Å². The lowest BCUT2D eigenvalue weighted by atomic mass is 9.81. The Hall–Kier alpha value is -1.10. The molecule has 5 nitrogen and oxygen atoms in total. The van der Waals surface area contributed by atoms with E-state index in [1.807, 2.05) is 27.7 Å². The Morgan fingerprint density at radius 3 is 2.16 bits per heavy atom. The zero-order valence-electron chi connectivity index (χ0n) is 13.0. The van der Waals surface area contributed by atoms with Gasteiger partial charge in [0, 0.05) is 20.1 Å². The van der Waals surface area contributed by atoms with E-state index in [-0.39, 0.29) is 18.4 Å². The Bertz CT molecular complexity index is 291. The lowest BCUT2D eigenvalue weighted by Gasteiger charge is -2.33. The van der Waals surface area contributed by atoms with Gasteiger partial charge in [-0.1, -0.05) is 27.7 Å². The highest BCUT2D eigenvalue weighted by Gasteiger charge is 2.36.